The van der Waals surface area contributed by atoms with Crippen LogP contribution in [0.5, 0.6) is 0 Å². The number of nitrogens with zero attached hydrogens (tertiary/aromatic N) is 2. The van der Waals surface area contributed by atoms with Crippen molar-refractivity contribution in [3.63, 3.8) is 0 Å². The Morgan fingerprint density at radius 3 is 2.48 bits per heavy atom. The molecule has 6 nitrogen and oxygen atoms in total. The SMILES string of the molecule is Cc1nc(-c2ccc(CNC(=O)C3CCN(S(=O)(=O)c4cc(F)ccc4F)CC3)cc2)cs1. The van der Waals surface area contributed by atoms with Crippen LogP contribution in [0.2, 0.25) is 0 Å². The van der Waals surface area contributed by atoms with Crippen molar-refractivity contribution < 1.29 is 22.0 Å². The first-order valence-electron chi connectivity index (χ1n) is 10.5. The average Bonchev–Trinajstić information content (AvgIpc) is 3.25. The highest BCUT2D eigenvalue weighted by atomic mass is 32.2. The Bertz CT molecular complexity index is 1250. The van der Waals surface area contributed by atoms with E-state index in [1.165, 1.54) is 0 Å². The van der Waals surface area contributed by atoms with Crippen LogP contribution in [0.4, 0.5) is 8.78 Å². The quantitative estimate of drug-likeness (QED) is 0.563. The van der Waals surface area contributed by atoms with E-state index >= 15 is 0 Å². The minimum atomic E-state index is -4.16. The van der Waals surface area contributed by atoms with Gasteiger partial charge in [-0.3, -0.25) is 4.79 Å². The third-order valence-electron chi connectivity index (χ3n) is 5.67. The average molecular weight is 492 g/mol. The maximum absolute atomic E-state index is 14.0. The number of halogens is 2. The minimum Gasteiger partial charge on any atom is -0.352 e. The lowest BCUT2D eigenvalue weighted by atomic mass is 9.97. The van der Waals surface area contributed by atoms with Crippen molar-refractivity contribution in [3.8, 4) is 11.3 Å². The molecule has 2 aromatic carbocycles. The normalized spacial score (nSPS) is 15.5. The molecule has 1 aromatic heterocycles. The highest BCUT2D eigenvalue weighted by Gasteiger charge is 2.33. The van der Waals surface area contributed by atoms with Crippen molar-refractivity contribution in [3.05, 3.63) is 70.1 Å². The minimum absolute atomic E-state index is 0.0676. The number of carbonyl (C=O) groups is 1. The molecule has 0 atom stereocenters. The Kier molecular flexibility index (Phi) is 6.87. The largest absolute Gasteiger partial charge is 0.352 e. The lowest BCUT2D eigenvalue weighted by Crippen LogP contribution is -2.43. The fourth-order valence-electron chi connectivity index (χ4n) is 3.80. The van der Waals surface area contributed by atoms with Gasteiger partial charge in [0.05, 0.1) is 10.7 Å². The van der Waals surface area contributed by atoms with E-state index in [0.29, 0.717) is 25.5 Å². The number of sulfonamides is 1. The van der Waals surface area contributed by atoms with E-state index in [-0.39, 0.29) is 24.9 Å². The number of hydrogen-bond acceptors (Lipinski definition) is 5. The zero-order valence-corrected chi connectivity index (χ0v) is 19.6. The molecule has 0 spiro atoms. The number of aromatic nitrogens is 1. The molecule has 3 aromatic rings. The van der Waals surface area contributed by atoms with Crippen LogP contribution in [0.15, 0.2) is 52.7 Å². The molecule has 1 aliphatic heterocycles. The standard InChI is InChI=1S/C23H23F2N3O3S2/c1-15-27-21(14-32-15)17-4-2-16(3-5-17)13-26-23(29)18-8-10-28(11-9-18)33(30,31)22-12-19(24)6-7-20(22)25/h2-7,12,14,18H,8-11,13H2,1H3,(H,26,29). The zero-order chi connectivity index (χ0) is 23.6. The van der Waals surface area contributed by atoms with Crippen molar-refractivity contribution in [2.45, 2.75) is 31.2 Å². The second kappa shape index (κ2) is 9.66. The summed E-state index contributed by atoms with van der Waals surface area (Å²) >= 11 is 1.59. The number of carbonyl (C=O) groups excluding carboxylic acids is 1. The molecule has 1 aliphatic rings. The van der Waals surface area contributed by atoms with Crippen LogP contribution in [-0.4, -0.2) is 36.7 Å². The van der Waals surface area contributed by atoms with Crippen LogP contribution in [0.25, 0.3) is 11.3 Å². The molecule has 0 radical (unpaired) electrons. The lowest BCUT2D eigenvalue weighted by Gasteiger charge is -2.30. The van der Waals surface area contributed by atoms with E-state index in [4.69, 9.17) is 0 Å². The van der Waals surface area contributed by atoms with Gasteiger partial charge in [-0.1, -0.05) is 24.3 Å². The summed E-state index contributed by atoms with van der Waals surface area (Å²) in [5.74, 6) is -2.31. The van der Waals surface area contributed by atoms with E-state index in [0.717, 1.165) is 38.3 Å². The maximum Gasteiger partial charge on any atom is 0.246 e. The van der Waals surface area contributed by atoms with Crippen LogP contribution in [0, 0.1) is 24.5 Å². The van der Waals surface area contributed by atoms with Crippen molar-refractivity contribution in [2.75, 3.05) is 13.1 Å². The Labute approximate surface area is 195 Å². The summed E-state index contributed by atoms with van der Waals surface area (Å²) < 4.78 is 53.9. The van der Waals surface area contributed by atoms with Crippen LogP contribution in [0.3, 0.4) is 0 Å². The fourth-order valence-corrected chi connectivity index (χ4v) is 5.96. The number of aryl methyl sites for hydroxylation is 1. The number of amides is 1. The van der Waals surface area contributed by atoms with Crippen LogP contribution < -0.4 is 5.32 Å². The summed E-state index contributed by atoms with van der Waals surface area (Å²) in [6.07, 6.45) is 0.619. The van der Waals surface area contributed by atoms with Gasteiger partial charge in [0.25, 0.3) is 0 Å². The molecule has 4 rings (SSSR count). The number of rotatable bonds is 6. The Balaban J connectivity index is 1.31. The van der Waals surface area contributed by atoms with Crippen molar-refractivity contribution in [1.82, 2.24) is 14.6 Å². The van der Waals surface area contributed by atoms with Gasteiger partial charge in [0.1, 0.15) is 16.5 Å². The summed E-state index contributed by atoms with van der Waals surface area (Å²) in [5.41, 5.74) is 2.88. The summed E-state index contributed by atoms with van der Waals surface area (Å²) in [5, 5.41) is 5.91. The van der Waals surface area contributed by atoms with Crippen LogP contribution >= 0.6 is 11.3 Å². The lowest BCUT2D eigenvalue weighted by molar-refractivity contribution is -0.126. The Morgan fingerprint density at radius 1 is 1.15 bits per heavy atom. The zero-order valence-electron chi connectivity index (χ0n) is 17.9. The topological polar surface area (TPSA) is 79.4 Å². The first-order valence-corrected chi connectivity index (χ1v) is 12.8. The van der Waals surface area contributed by atoms with Gasteiger partial charge < -0.3 is 5.32 Å². The molecule has 1 N–H and O–H groups in total. The molecule has 33 heavy (non-hydrogen) atoms. The monoisotopic (exact) mass is 491 g/mol. The van der Waals surface area contributed by atoms with Crippen molar-refractivity contribution in [1.29, 1.82) is 0 Å². The van der Waals surface area contributed by atoms with Gasteiger partial charge in [-0.25, -0.2) is 22.2 Å². The van der Waals surface area contributed by atoms with E-state index in [2.05, 4.69) is 10.3 Å². The Hall–Kier alpha value is -2.69. The number of hydrogen-bond donors (Lipinski definition) is 1. The molecule has 0 bridgehead atoms. The van der Waals surface area contributed by atoms with Gasteiger partial charge in [0.2, 0.25) is 15.9 Å². The van der Waals surface area contributed by atoms with E-state index in [1.807, 2.05) is 36.6 Å². The van der Waals surface area contributed by atoms with E-state index in [1.54, 1.807) is 11.3 Å². The molecule has 1 saturated heterocycles. The molecule has 10 heteroatoms. The third-order valence-corrected chi connectivity index (χ3v) is 8.36. The first kappa shape index (κ1) is 23.5. The number of nitrogens with one attached hydrogen (secondary N) is 1. The molecule has 0 unspecified atom stereocenters. The predicted octanol–water partition coefficient (Wildman–Crippen LogP) is 4.11. The number of benzene rings is 2. The van der Waals surface area contributed by atoms with Gasteiger partial charge in [0.15, 0.2) is 0 Å². The third kappa shape index (κ3) is 5.29. The molecular weight excluding hydrogens is 468 g/mol. The molecule has 1 amide bonds. The number of piperidine rings is 1. The van der Waals surface area contributed by atoms with Gasteiger partial charge >= 0.3 is 0 Å². The summed E-state index contributed by atoms with van der Waals surface area (Å²) in [6, 6.07) is 10.2. The van der Waals surface area contributed by atoms with Gasteiger partial charge in [-0.15, -0.1) is 11.3 Å². The van der Waals surface area contributed by atoms with Gasteiger partial charge in [0, 0.05) is 36.5 Å². The van der Waals surface area contributed by atoms with E-state index in [9.17, 15) is 22.0 Å². The molecular formula is C23H23F2N3O3S2. The van der Waals surface area contributed by atoms with Crippen LogP contribution in [-0.2, 0) is 21.4 Å². The molecule has 0 aliphatic carbocycles. The maximum atomic E-state index is 14.0. The molecule has 1 fully saturated rings. The summed E-state index contributed by atoms with van der Waals surface area (Å²) in [7, 11) is -4.16. The second-order valence-corrected chi connectivity index (χ2v) is 10.9. The van der Waals surface area contributed by atoms with Crippen molar-refractivity contribution in [2.24, 2.45) is 5.92 Å². The summed E-state index contributed by atoms with van der Waals surface area (Å²) in [6.45, 7) is 2.45. The molecule has 174 valence electrons. The molecule has 0 saturated carbocycles. The van der Waals surface area contributed by atoms with E-state index < -0.39 is 26.6 Å². The first-order chi connectivity index (χ1) is 15.7. The van der Waals surface area contributed by atoms with Crippen LogP contribution in [0.1, 0.15) is 23.4 Å². The van der Waals surface area contributed by atoms with Gasteiger partial charge in [-0.2, -0.15) is 4.31 Å². The second-order valence-electron chi connectivity index (χ2n) is 7.92. The van der Waals surface area contributed by atoms with Crippen molar-refractivity contribution >= 4 is 27.3 Å². The summed E-state index contributed by atoms with van der Waals surface area (Å²) in [4.78, 5) is 16.4. The highest BCUT2D eigenvalue weighted by Crippen LogP contribution is 2.26. The van der Waals surface area contributed by atoms with Gasteiger partial charge in [-0.05, 0) is 43.5 Å². The Morgan fingerprint density at radius 2 is 1.85 bits per heavy atom. The fraction of sp³-hybridized carbons (Fsp3) is 0.304. The highest BCUT2D eigenvalue weighted by molar-refractivity contribution is 7.89. The number of thiazole rings is 1. The molecule has 2 heterocycles. The predicted molar refractivity (Wildman–Crippen MR) is 122 cm³/mol. The smallest absolute Gasteiger partial charge is 0.246 e.